The minimum Gasteiger partial charge on any atom is -0.489 e. The average Bonchev–Trinajstić information content (AvgIpc) is 2.72. The molecule has 0 aliphatic heterocycles. The molecule has 150 valence electrons. The molecule has 2 N–H and O–H groups in total. The van der Waals surface area contributed by atoms with Crippen LogP contribution in [0.5, 0.6) is 5.75 Å². The molecule has 0 heterocycles. The van der Waals surface area contributed by atoms with E-state index >= 15 is 0 Å². The van der Waals surface area contributed by atoms with Crippen molar-refractivity contribution in [1.29, 1.82) is 0 Å². The van der Waals surface area contributed by atoms with E-state index in [4.69, 9.17) is 9.84 Å². The summed E-state index contributed by atoms with van der Waals surface area (Å²) in [6.45, 7) is 8.40. The van der Waals surface area contributed by atoms with Crippen molar-refractivity contribution >= 4 is 11.7 Å². The van der Waals surface area contributed by atoms with Gasteiger partial charge < -0.3 is 15.2 Å². The van der Waals surface area contributed by atoms with Gasteiger partial charge in [0.05, 0.1) is 0 Å². The Bertz CT molecular complexity index is 794. The average molecular weight is 382 g/mol. The zero-order valence-corrected chi connectivity index (χ0v) is 17.2. The summed E-state index contributed by atoms with van der Waals surface area (Å²) in [5.41, 5.74) is 3.98. The highest BCUT2D eigenvalue weighted by Gasteiger charge is 2.06. The number of benzene rings is 2. The maximum absolute atomic E-state index is 10.8. The van der Waals surface area contributed by atoms with Crippen LogP contribution >= 0.6 is 0 Å². The summed E-state index contributed by atoms with van der Waals surface area (Å²) in [5.74, 6) is -0.0744. The zero-order valence-electron chi connectivity index (χ0n) is 17.2. The Balaban J connectivity index is 0.00000190. The number of ether oxygens (including phenoxy) is 1. The van der Waals surface area contributed by atoms with E-state index < -0.39 is 5.97 Å². The van der Waals surface area contributed by atoms with Crippen LogP contribution in [0.3, 0.4) is 0 Å². The number of carboxylic acid groups (broad SMARTS) is 1. The third-order valence-electron chi connectivity index (χ3n) is 3.85. The van der Waals surface area contributed by atoms with Gasteiger partial charge in [0.1, 0.15) is 12.4 Å². The molecule has 0 atom stereocenters. The SMILES string of the molecule is C/C=C\C(=C/C)Nc1cccc(COc2ccccc2CCC(=O)O)c1.CC. The molecule has 4 nitrogen and oxygen atoms in total. The first-order valence-corrected chi connectivity index (χ1v) is 9.70. The van der Waals surface area contributed by atoms with Crippen molar-refractivity contribution in [3.8, 4) is 5.75 Å². The van der Waals surface area contributed by atoms with E-state index in [1.54, 1.807) is 0 Å². The summed E-state index contributed by atoms with van der Waals surface area (Å²) < 4.78 is 5.94. The smallest absolute Gasteiger partial charge is 0.303 e. The molecule has 0 amide bonds. The summed E-state index contributed by atoms with van der Waals surface area (Å²) in [7, 11) is 0. The number of rotatable bonds is 9. The van der Waals surface area contributed by atoms with Crippen molar-refractivity contribution in [2.75, 3.05) is 5.32 Å². The van der Waals surface area contributed by atoms with Gasteiger partial charge in [-0.05, 0) is 55.7 Å². The maximum Gasteiger partial charge on any atom is 0.303 e. The number of para-hydroxylation sites is 1. The van der Waals surface area contributed by atoms with Crippen LogP contribution in [0, 0.1) is 0 Å². The second-order valence-corrected chi connectivity index (χ2v) is 5.86. The molecule has 0 spiro atoms. The molecule has 0 aromatic heterocycles. The van der Waals surface area contributed by atoms with E-state index in [1.807, 2.05) is 94.5 Å². The summed E-state index contributed by atoms with van der Waals surface area (Å²) in [6, 6.07) is 15.6. The molecule has 28 heavy (non-hydrogen) atoms. The number of hydrogen-bond donors (Lipinski definition) is 2. The molecule has 0 unspecified atom stereocenters. The lowest BCUT2D eigenvalue weighted by Crippen LogP contribution is -2.02. The Morgan fingerprint density at radius 3 is 2.54 bits per heavy atom. The highest BCUT2D eigenvalue weighted by molar-refractivity contribution is 5.67. The lowest BCUT2D eigenvalue weighted by molar-refractivity contribution is -0.136. The van der Waals surface area contributed by atoms with Gasteiger partial charge in [-0.1, -0.05) is 56.3 Å². The van der Waals surface area contributed by atoms with Gasteiger partial charge in [-0.15, -0.1) is 0 Å². The van der Waals surface area contributed by atoms with Gasteiger partial charge >= 0.3 is 5.97 Å². The number of aliphatic carboxylic acids is 1. The molecule has 0 saturated heterocycles. The Labute approximate surface area is 168 Å². The van der Waals surface area contributed by atoms with Gasteiger partial charge in [0.25, 0.3) is 0 Å². The molecule has 2 rings (SSSR count). The topological polar surface area (TPSA) is 58.6 Å². The maximum atomic E-state index is 10.8. The van der Waals surface area contributed by atoms with Crippen molar-refractivity contribution < 1.29 is 14.6 Å². The largest absolute Gasteiger partial charge is 0.489 e. The molecule has 0 aliphatic rings. The number of carboxylic acids is 1. The molecule has 0 saturated carbocycles. The summed E-state index contributed by atoms with van der Waals surface area (Å²) in [4.78, 5) is 10.8. The van der Waals surface area contributed by atoms with Gasteiger partial charge in [-0.2, -0.15) is 0 Å². The first-order valence-electron chi connectivity index (χ1n) is 9.70. The molecule has 2 aromatic carbocycles. The van der Waals surface area contributed by atoms with Crippen LogP contribution < -0.4 is 10.1 Å². The predicted octanol–water partition coefficient (Wildman–Crippen LogP) is 6.20. The fourth-order valence-corrected chi connectivity index (χ4v) is 2.55. The highest BCUT2D eigenvalue weighted by Crippen LogP contribution is 2.22. The van der Waals surface area contributed by atoms with Crippen LogP contribution in [0.15, 0.2) is 72.5 Å². The number of aryl methyl sites for hydroxylation is 1. The highest BCUT2D eigenvalue weighted by atomic mass is 16.5. The summed E-state index contributed by atoms with van der Waals surface area (Å²) in [6.07, 6.45) is 6.57. The third-order valence-corrected chi connectivity index (χ3v) is 3.85. The van der Waals surface area contributed by atoms with Gasteiger partial charge in [0.2, 0.25) is 0 Å². The molecule has 0 radical (unpaired) electrons. The third kappa shape index (κ3) is 8.12. The molecule has 0 bridgehead atoms. The minimum absolute atomic E-state index is 0.0941. The predicted molar refractivity (Wildman–Crippen MR) is 117 cm³/mol. The van der Waals surface area contributed by atoms with E-state index in [-0.39, 0.29) is 6.42 Å². The van der Waals surface area contributed by atoms with E-state index in [9.17, 15) is 4.79 Å². The molecular weight excluding hydrogens is 350 g/mol. The molecule has 4 heteroatoms. The Kier molecular flexibility index (Phi) is 10.9. The van der Waals surface area contributed by atoms with Crippen molar-refractivity contribution in [2.24, 2.45) is 0 Å². The first kappa shape index (κ1) is 23.0. The van der Waals surface area contributed by atoms with Gasteiger partial charge in [-0.3, -0.25) is 4.79 Å². The molecule has 0 fully saturated rings. The Morgan fingerprint density at radius 2 is 1.86 bits per heavy atom. The van der Waals surface area contributed by atoms with E-state index in [1.165, 1.54) is 0 Å². The lowest BCUT2D eigenvalue weighted by Gasteiger charge is -2.12. The standard InChI is InChI=1S/C22H25NO3.C2H6/c1-3-8-19(4-2)23-20-11-7-9-17(15-20)16-26-21-12-6-5-10-18(21)13-14-22(24)25;1-2/h3-12,15,23H,13-14,16H2,1-2H3,(H,24,25);1-2H3/b8-3-,19-4+;. The minimum atomic E-state index is -0.806. The summed E-state index contributed by atoms with van der Waals surface area (Å²) >= 11 is 0. The van der Waals surface area contributed by atoms with Gasteiger partial charge in [0.15, 0.2) is 0 Å². The lowest BCUT2D eigenvalue weighted by atomic mass is 10.1. The van der Waals surface area contributed by atoms with E-state index in [2.05, 4.69) is 5.32 Å². The Morgan fingerprint density at radius 1 is 1.11 bits per heavy atom. The van der Waals surface area contributed by atoms with E-state index in [0.29, 0.717) is 13.0 Å². The number of carbonyl (C=O) groups is 1. The molecular formula is C24H31NO3. The first-order chi connectivity index (χ1) is 13.6. The van der Waals surface area contributed by atoms with Crippen LogP contribution in [0.1, 0.15) is 45.2 Å². The van der Waals surface area contributed by atoms with Crippen LogP contribution in [0.4, 0.5) is 5.69 Å². The second-order valence-electron chi connectivity index (χ2n) is 5.86. The number of allylic oxidation sites excluding steroid dienone is 3. The number of anilines is 1. The fourth-order valence-electron chi connectivity index (χ4n) is 2.55. The van der Waals surface area contributed by atoms with Crippen LogP contribution in [-0.4, -0.2) is 11.1 Å². The number of hydrogen-bond acceptors (Lipinski definition) is 3. The van der Waals surface area contributed by atoms with Crippen LogP contribution in [0.2, 0.25) is 0 Å². The quantitative estimate of drug-likeness (QED) is 0.508. The Hall–Kier alpha value is -3.01. The molecule has 0 aliphatic carbocycles. The van der Waals surface area contributed by atoms with Gasteiger partial charge in [-0.25, -0.2) is 0 Å². The van der Waals surface area contributed by atoms with E-state index in [0.717, 1.165) is 28.3 Å². The van der Waals surface area contributed by atoms with Crippen LogP contribution in [0.25, 0.3) is 0 Å². The normalized spacial score (nSPS) is 10.9. The van der Waals surface area contributed by atoms with Gasteiger partial charge in [0, 0.05) is 17.8 Å². The van der Waals surface area contributed by atoms with Crippen LogP contribution in [-0.2, 0) is 17.8 Å². The van der Waals surface area contributed by atoms with Crippen molar-refractivity contribution in [2.45, 2.75) is 47.1 Å². The molecule has 2 aromatic rings. The van der Waals surface area contributed by atoms with Crippen molar-refractivity contribution in [3.63, 3.8) is 0 Å². The second kappa shape index (κ2) is 13.2. The monoisotopic (exact) mass is 381 g/mol. The van der Waals surface area contributed by atoms with Crippen molar-refractivity contribution in [1.82, 2.24) is 0 Å². The van der Waals surface area contributed by atoms with Crippen molar-refractivity contribution in [3.05, 3.63) is 83.6 Å². The summed E-state index contributed by atoms with van der Waals surface area (Å²) in [5, 5.41) is 12.2. The zero-order chi connectivity index (χ0) is 20.8. The number of nitrogens with one attached hydrogen (secondary N) is 1. The fraction of sp³-hybridized carbons (Fsp3) is 0.292.